The summed E-state index contributed by atoms with van der Waals surface area (Å²) in [4.78, 5) is 11.2. The van der Waals surface area contributed by atoms with Crippen molar-refractivity contribution < 1.29 is 22.4 Å². The summed E-state index contributed by atoms with van der Waals surface area (Å²) in [6, 6.07) is 19.2. The van der Waals surface area contributed by atoms with Gasteiger partial charge in [0.15, 0.2) is 0 Å². The van der Waals surface area contributed by atoms with Crippen molar-refractivity contribution in [1.82, 2.24) is 4.73 Å². The Morgan fingerprint density at radius 1 is 0.958 bits per heavy atom. The van der Waals surface area contributed by atoms with Crippen LogP contribution in [0.25, 0.3) is 0 Å². The van der Waals surface area contributed by atoms with Gasteiger partial charge in [0.25, 0.3) is 0 Å². The van der Waals surface area contributed by atoms with E-state index in [0.29, 0.717) is 13.2 Å². The van der Waals surface area contributed by atoms with E-state index in [1.807, 2.05) is 60.7 Å². The standard InChI is InChI=1S/C17H16N2O4Se/c20-24(21)17-18(22-13-15-7-3-1-4-8-15)11-12-19(17)23-14-16-9-5-2-6-10-16/h1-12H,13-14H2/p+1. The molecule has 2 aromatic carbocycles. The zero-order chi connectivity index (χ0) is 16.8. The van der Waals surface area contributed by atoms with Gasteiger partial charge in [0.1, 0.15) is 0 Å². The van der Waals surface area contributed by atoms with Gasteiger partial charge in [-0.05, 0) is 0 Å². The summed E-state index contributed by atoms with van der Waals surface area (Å²) in [5.41, 5.74) is 1.93. The van der Waals surface area contributed by atoms with Gasteiger partial charge in [0.05, 0.1) is 0 Å². The fourth-order valence-corrected chi connectivity index (χ4v) is 3.26. The summed E-state index contributed by atoms with van der Waals surface area (Å²) in [6.07, 6.45) is 3.13. The molecule has 24 heavy (non-hydrogen) atoms. The van der Waals surface area contributed by atoms with Gasteiger partial charge < -0.3 is 0 Å². The molecule has 3 rings (SSSR count). The Balaban J connectivity index is 1.71. The maximum absolute atomic E-state index is 11.7. The van der Waals surface area contributed by atoms with Gasteiger partial charge in [-0.25, -0.2) is 0 Å². The van der Waals surface area contributed by atoms with Gasteiger partial charge >= 0.3 is 143 Å². The predicted molar refractivity (Wildman–Crippen MR) is 86.4 cm³/mol. The van der Waals surface area contributed by atoms with Crippen LogP contribution in [-0.4, -0.2) is 23.1 Å². The van der Waals surface area contributed by atoms with E-state index in [4.69, 9.17) is 9.68 Å². The van der Waals surface area contributed by atoms with Gasteiger partial charge in [-0.2, -0.15) is 0 Å². The van der Waals surface area contributed by atoms with E-state index in [0.717, 1.165) is 11.1 Å². The molecule has 1 heterocycles. The van der Waals surface area contributed by atoms with Crippen LogP contribution in [0.4, 0.5) is 0 Å². The minimum absolute atomic E-state index is 0.0989. The van der Waals surface area contributed by atoms with Crippen molar-refractivity contribution in [2.24, 2.45) is 0 Å². The monoisotopic (exact) mass is 393 g/mol. The molecule has 1 N–H and O–H groups in total. The van der Waals surface area contributed by atoms with Crippen molar-refractivity contribution >= 4 is 18.9 Å². The van der Waals surface area contributed by atoms with Crippen molar-refractivity contribution in [1.29, 1.82) is 0 Å². The molecule has 0 saturated carbocycles. The molecule has 1 atom stereocenters. The van der Waals surface area contributed by atoms with Crippen LogP contribution in [0.15, 0.2) is 73.1 Å². The van der Waals surface area contributed by atoms with Crippen LogP contribution in [0, 0.1) is 0 Å². The molecule has 0 aliphatic heterocycles. The molecule has 1 unspecified atom stereocenters. The van der Waals surface area contributed by atoms with Crippen molar-refractivity contribution in [3.8, 4) is 0 Å². The molecule has 0 saturated heterocycles. The first-order valence-corrected chi connectivity index (χ1v) is 9.64. The average molecular weight is 392 g/mol. The molecular weight excluding hydrogens is 375 g/mol. The Morgan fingerprint density at radius 3 is 2.12 bits per heavy atom. The zero-order valence-electron chi connectivity index (χ0n) is 12.8. The quantitative estimate of drug-likeness (QED) is 0.460. The van der Waals surface area contributed by atoms with Crippen LogP contribution in [0.5, 0.6) is 0 Å². The normalized spacial score (nSPS) is 11.9. The second-order valence-corrected chi connectivity index (χ2v) is 6.81. The number of benzene rings is 2. The first-order chi connectivity index (χ1) is 11.7. The molecule has 0 radical (unpaired) electrons. The minimum atomic E-state index is -3.24. The second-order valence-electron chi connectivity index (χ2n) is 5.00. The molecule has 0 bridgehead atoms. The Kier molecular flexibility index (Phi) is 5.38. The Bertz CT molecular complexity index is 745. The Hall–Kier alpha value is -2.47. The van der Waals surface area contributed by atoms with E-state index in [2.05, 4.69) is 0 Å². The number of nitrogens with zero attached hydrogens (tertiary/aromatic N) is 2. The number of imidazole rings is 1. The molecule has 0 aliphatic rings. The Labute approximate surface area is 143 Å². The van der Waals surface area contributed by atoms with Crippen molar-refractivity contribution in [3.63, 3.8) is 0 Å². The predicted octanol–water partition coefficient (Wildman–Crippen LogP) is 0.151. The average Bonchev–Trinajstić information content (AvgIpc) is 3.03. The molecule has 0 spiro atoms. The fraction of sp³-hybridized carbons (Fsp3) is 0.118. The molecule has 1 aromatic heterocycles. The Morgan fingerprint density at radius 2 is 1.54 bits per heavy atom. The molecule has 3 aromatic rings. The number of hydrogen-bond acceptors (Lipinski definition) is 3. The van der Waals surface area contributed by atoms with E-state index in [9.17, 15) is 8.02 Å². The summed E-state index contributed by atoms with van der Waals surface area (Å²) in [7, 11) is 0. The summed E-state index contributed by atoms with van der Waals surface area (Å²) in [5, 5.41) is 0. The second kappa shape index (κ2) is 7.88. The first-order valence-electron chi connectivity index (χ1n) is 7.32. The number of rotatable bonds is 7. The maximum atomic E-state index is 11.7. The van der Waals surface area contributed by atoms with Crippen molar-refractivity contribution in [3.05, 3.63) is 84.2 Å². The number of aromatic nitrogens is 2. The topological polar surface area (TPSA) is 64.6 Å². The van der Waals surface area contributed by atoms with Crippen LogP contribution in [0.1, 0.15) is 11.1 Å². The third-order valence-corrected chi connectivity index (χ3v) is 4.71. The third-order valence-electron chi connectivity index (χ3n) is 3.30. The van der Waals surface area contributed by atoms with Gasteiger partial charge in [0.2, 0.25) is 0 Å². The van der Waals surface area contributed by atoms with E-state index >= 15 is 0 Å². The van der Waals surface area contributed by atoms with Crippen LogP contribution in [-0.2, 0) is 17.0 Å². The van der Waals surface area contributed by atoms with E-state index < -0.39 is 14.2 Å². The summed E-state index contributed by atoms with van der Waals surface area (Å²) in [5.74, 6) is 0. The van der Waals surface area contributed by atoms with Crippen LogP contribution in [0.3, 0.4) is 0 Å². The molecule has 0 fully saturated rings. The summed E-state index contributed by atoms with van der Waals surface area (Å²) < 4.78 is 24.0. The van der Waals surface area contributed by atoms with Crippen LogP contribution < -0.4 is 19.1 Å². The molecule has 6 nitrogen and oxygen atoms in total. The SMILES string of the molecule is O=[Se](O)c1n(OCc2ccccc2)cc[n+]1OCc1ccccc1. The van der Waals surface area contributed by atoms with E-state index in [1.165, 1.54) is 9.46 Å². The summed E-state index contributed by atoms with van der Waals surface area (Å²) in [6.45, 7) is 0.584. The van der Waals surface area contributed by atoms with Crippen LogP contribution >= 0.6 is 0 Å². The van der Waals surface area contributed by atoms with Gasteiger partial charge in [-0.3, -0.25) is 0 Å². The molecule has 7 heteroatoms. The number of hydrogen-bond donors (Lipinski definition) is 1. The van der Waals surface area contributed by atoms with Crippen molar-refractivity contribution in [2.75, 3.05) is 0 Å². The molecular formula is C17H17N2O4Se+. The van der Waals surface area contributed by atoms with Crippen LogP contribution in [0.2, 0.25) is 0 Å². The molecule has 0 amide bonds. The van der Waals surface area contributed by atoms with Gasteiger partial charge in [-0.1, -0.05) is 0 Å². The zero-order valence-corrected chi connectivity index (χ0v) is 14.5. The molecule has 124 valence electrons. The van der Waals surface area contributed by atoms with E-state index in [-0.39, 0.29) is 4.72 Å². The first kappa shape index (κ1) is 16.4. The molecule has 0 aliphatic carbocycles. The van der Waals surface area contributed by atoms with Crippen molar-refractivity contribution in [2.45, 2.75) is 13.2 Å². The van der Waals surface area contributed by atoms with Gasteiger partial charge in [-0.15, -0.1) is 0 Å². The van der Waals surface area contributed by atoms with Gasteiger partial charge in [0, 0.05) is 0 Å². The third kappa shape index (κ3) is 4.08. The fourth-order valence-electron chi connectivity index (χ4n) is 2.13. The summed E-state index contributed by atoms with van der Waals surface area (Å²) >= 11 is -3.24. The van der Waals surface area contributed by atoms with E-state index in [1.54, 1.807) is 12.4 Å².